The van der Waals surface area contributed by atoms with Crippen molar-refractivity contribution >= 4 is 35.8 Å². The van der Waals surface area contributed by atoms with E-state index in [1.807, 2.05) is 0 Å². The summed E-state index contributed by atoms with van der Waals surface area (Å²) in [7, 11) is 0. The predicted molar refractivity (Wildman–Crippen MR) is 153 cm³/mol. The fourth-order valence-electron chi connectivity index (χ4n) is 4.34. The van der Waals surface area contributed by atoms with E-state index in [0.717, 1.165) is 0 Å². The molecule has 1 aliphatic heterocycles. The number of halogens is 4. The van der Waals surface area contributed by atoms with Crippen molar-refractivity contribution in [3.63, 3.8) is 0 Å². The maximum absolute atomic E-state index is 14.3. The molecule has 0 radical (unpaired) electrons. The van der Waals surface area contributed by atoms with Crippen LogP contribution in [0.4, 0.5) is 23.4 Å². The molecule has 4 rings (SSSR count). The highest BCUT2D eigenvalue weighted by Crippen LogP contribution is 2.28. The molecule has 0 saturated heterocycles. The van der Waals surface area contributed by atoms with Crippen LogP contribution in [0.2, 0.25) is 0 Å². The number of allylic oxidation sites excluding steroid dienone is 1. The van der Waals surface area contributed by atoms with Gasteiger partial charge in [0.2, 0.25) is 5.91 Å². The Kier molecular flexibility index (Phi) is 10.4. The molecular formula is C31H26F4N4O6. The molecule has 10 nitrogen and oxygen atoms in total. The third-order valence-electron chi connectivity index (χ3n) is 6.49. The summed E-state index contributed by atoms with van der Waals surface area (Å²) in [5, 5.41) is 5.46. The summed E-state index contributed by atoms with van der Waals surface area (Å²) in [6.45, 7) is 0.125. The Balaban J connectivity index is 1.46. The van der Waals surface area contributed by atoms with Gasteiger partial charge in [-0.05, 0) is 41.5 Å². The van der Waals surface area contributed by atoms with Crippen molar-refractivity contribution in [3.8, 4) is 11.1 Å². The summed E-state index contributed by atoms with van der Waals surface area (Å²) in [6.07, 6.45) is -1.18. The number of hydrogen-bond donors (Lipinski definition) is 2. The van der Waals surface area contributed by atoms with Crippen LogP contribution in [0.25, 0.3) is 11.1 Å². The number of nitrogens with zero attached hydrogens (tertiary/aromatic N) is 2. The smallest absolute Gasteiger partial charge is 0.462 e. The summed E-state index contributed by atoms with van der Waals surface area (Å²) in [4.78, 5) is 57.9. The van der Waals surface area contributed by atoms with Gasteiger partial charge in [0.05, 0.1) is 25.4 Å². The van der Waals surface area contributed by atoms with Gasteiger partial charge in [0, 0.05) is 18.0 Å². The van der Waals surface area contributed by atoms with Gasteiger partial charge in [0.15, 0.2) is 5.54 Å². The lowest BCUT2D eigenvalue weighted by atomic mass is 9.95. The van der Waals surface area contributed by atoms with Crippen LogP contribution in [-0.4, -0.2) is 59.9 Å². The lowest BCUT2D eigenvalue weighted by Crippen LogP contribution is -2.42. The number of ether oxygens (including phenoxy) is 2. The van der Waals surface area contributed by atoms with Gasteiger partial charge < -0.3 is 20.1 Å². The number of aromatic nitrogens is 1. The van der Waals surface area contributed by atoms with Gasteiger partial charge in [-0.15, -0.1) is 0 Å². The minimum absolute atomic E-state index is 0.0851. The highest BCUT2D eigenvalue weighted by molar-refractivity contribution is 5.96. The maximum atomic E-state index is 14.3. The first-order valence-corrected chi connectivity index (χ1v) is 13.5. The lowest BCUT2D eigenvalue weighted by Gasteiger charge is -2.24. The average molecular weight is 627 g/mol. The van der Waals surface area contributed by atoms with Gasteiger partial charge in [-0.3, -0.25) is 14.6 Å². The van der Waals surface area contributed by atoms with Crippen LogP contribution < -0.4 is 10.6 Å². The van der Waals surface area contributed by atoms with Gasteiger partial charge in [-0.2, -0.15) is 13.2 Å². The first-order valence-electron chi connectivity index (χ1n) is 13.5. The topological polar surface area (TPSA) is 136 Å². The van der Waals surface area contributed by atoms with Gasteiger partial charge in [0.25, 0.3) is 0 Å². The second-order valence-corrected chi connectivity index (χ2v) is 9.70. The predicted octanol–water partition coefficient (Wildman–Crippen LogP) is 4.49. The average Bonchev–Trinajstić information content (AvgIpc) is 3.49. The van der Waals surface area contributed by atoms with Crippen LogP contribution in [0.15, 0.2) is 90.1 Å². The molecule has 1 aliphatic rings. The molecule has 1 amide bonds. The molecule has 0 saturated carbocycles. The van der Waals surface area contributed by atoms with E-state index in [-0.39, 0.29) is 24.3 Å². The van der Waals surface area contributed by atoms with Crippen molar-refractivity contribution in [1.82, 2.24) is 10.3 Å². The minimum Gasteiger partial charge on any atom is -0.462 e. The molecule has 0 aliphatic carbocycles. The molecule has 2 aromatic carbocycles. The summed E-state index contributed by atoms with van der Waals surface area (Å²) in [6, 6.07) is 15.7. The van der Waals surface area contributed by atoms with Crippen LogP contribution >= 0.6 is 0 Å². The van der Waals surface area contributed by atoms with Crippen LogP contribution in [-0.2, 0) is 28.7 Å². The van der Waals surface area contributed by atoms with Crippen molar-refractivity contribution in [2.45, 2.75) is 30.6 Å². The highest BCUT2D eigenvalue weighted by Gasteiger charge is 2.43. The summed E-state index contributed by atoms with van der Waals surface area (Å²) in [5.41, 5.74) is -0.800. The molecule has 1 aromatic heterocycles. The largest absolute Gasteiger partial charge is 0.491 e. The second kappa shape index (κ2) is 14.4. The van der Waals surface area contributed by atoms with E-state index in [0.29, 0.717) is 11.4 Å². The molecular weight excluding hydrogens is 600 g/mol. The molecule has 234 valence electrons. The Labute approximate surface area is 254 Å². The number of carbonyl (C=O) groups is 4. The number of esters is 3. The first kappa shape index (κ1) is 32.5. The van der Waals surface area contributed by atoms with E-state index in [9.17, 15) is 36.7 Å². The van der Waals surface area contributed by atoms with Crippen LogP contribution in [0.3, 0.4) is 0 Å². The Morgan fingerprint density at radius 2 is 1.69 bits per heavy atom. The normalized spacial score (nSPS) is 16.1. The fraction of sp³-hybridized carbons (Fsp3) is 0.226. The molecule has 2 unspecified atom stereocenters. The third-order valence-corrected chi connectivity index (χ3v) is 6.49. The van der Waals surface area contributed by atoms with E-state index in [1.54, 1.807) is 30.5 Å². The van der Waals surface area contributed by atoms with Gasteiger partial charge in [-0.1, -0.05) is 48.5 Å². The van der Waals surface area contributed by atoms with E-state index in [1.165, 1.54) is 60.8 Å². The zero-order chi connectivity index (χ0) is 32.5. The Hall–Kier alpha value is -5.40. The Bertz CT molecular complexity index is 1580. The van der Waals surface area contributed by atoms with Crippen molar-refractivity contribution in [2.75, 3.05) is 18.5 Å². The van der Waals surface area contributed by atoms with Crippen molar-refractivity contribution in [2.24, 2.45) is 4.99 Å². The quantitative estimate of drug-likeness (QED) is 0.130. The number of rotatable bonds is 12. The molecule has 14 heteroatoms. The number of nitrogens with one attached hydrogen (secondary N) is 2. The second-order valence-electron chi connectivity index (χ2n) is 9.70. The molecule has 2 heterocycles. The molecule has 45 heavy (non-hydrogen) atoms. The fourth-order valence-corrected chi connectivity index (χ4v) is 4.34. The van der Waals surface area contributed by atoms with Gasteiger partial charge in [0.1, 0.15) is 18.2 Å². The Morgan fingerprint density at radius 3 is 2.33 bits per heavy atom. The number of anilines is 1. The van der Waals surface area contributed by atoms with E-state index in [4.69, 9.17) is 4.74 Å². The van der Waals surface area contributed by atoms with Crippen molar-refractivity contribution in [3.05, 3.63) is 96.5 Å². The number of amides is 1. The van der Waals surface area contributed by atoms with Crippen molar-refractivity contribution in [1.29, 1.82) is 0 Å². The Morgan fingerprint density at radius 1 is 0.956 bits per heavy atom. The van der Waals surface area contributed by atoms with E-state index in [2.05, 4.69) is 25.3 Å². The van der Waals surface area contributed by atoms with Gasteiger partial charge in [-0.25, -0.2) is 19.0 Å². The van der Waals surface area contributed by atoms with E-state index < -0.39 is 60.2 Å². The summed E-state index contributed by atoms with van der Waals surface area (Å²) < 4.78 is 61.5. The summed E-state index contributed by atoms with van der Waals surface area (Å²) in [5.74, 6) is -5.87. The molecule has 0 bridgehead atoms. The van der Waals surface area contributed by atoms with Crippen molar-refractivity contribution < 1.29 is 46.2 Å². The zero-order valence-corrected chi connectivity index (χ0v) is 23.4. The number of carbonyl (C=O) groups excluding carboxylic acids is 4. The lowest BCUT2D eigenvalue weighted by molar-refractivity contribution is -0.202. The number of benzene rings is 2. The molecule has 0 fully saturated rings. The van der Waals surface area contributed by atoms with Crippen LogP contribution in [0, 0.1) is 5.82 Å². The minimum atomic E-state index is -5.41. The SMILES string of the molecule is O=C(CC1(C(=O)OCCNc2ccccn2)C=CC=N1)NC(CC(=O)OC(=O)C(F)(F)F)c1ccc(-c2ccccc2F)cc1. The molecule has 3 aromatic rings. The number of aliphatic imine (C=N–C) groups is 1. The third kappa shape index (κ3) is 8.81. The number of alkyl halides is 3. The number of pyridine rings is 1. The molecule has 2 atom stereocenters. The van der Waals surface area contributed by atoms with Crippen LogP contribution in [0.1, 0.15) is 24.4 Å². The zero-order valence-electron chi connectivity index (χ0n) is 23.4. The maximum Gasteiger partial charge on any atom is 0.491 e. The monoisotopic (exact) mass is 626 g/mol. The first-order chi connectivity index (χ1) is 21.5. The number of hydrogen-bond acceptors (Lipinski definition) is 9. The van der Waals surface area contributed by atoms with Gasteiger partial charge >= 0.3 is 24.1 Å². The molecule has 0 spiro atoms. The highest BCUT2D eigenvalue weighted by atomic mass is 19.4. The standard InChI is InChI=1S/C31H26F4N4O6/c32-23-7-2-1-6-22(23)20-9-11-21(12-10-20)24(18-27(41)45-29(43)31(33,34)35)39-26(40)19-30(13-5-15-38-30)28(42)44-17-16-37-25-8-3-4-14-36-25/h1-15,24H,16-19H2,(H,36,37)(H,39,40). The molecule has 2 N–H and O–H groups in total. The van der Waals surface area contributed by atoms with E-state index >= 15 is 0 Å². The van der Waals surface area contributed by atoms with Crippen LogP contribution in [0.5, 0.6) is 0 Å². The summed E-state index contributed by atoms with van der Waals surface area (Å²) >= 11 is 0.